The van der Waals surface area contributed by atoms with Gasteiger partial charge in [0.05, 0.1) is 5.56 Å². The van der Waals surface area contributed by atoms with Gasteiger partial charge in [-0.25, -0.2) is 0 Å². The lowest BCUT2D eigenvalue weighted by atomic mass is 9.96. The number of halogens is 3. The fourth-order valence-corrected chi connectivity index (χ4v) is 2.29. The Hall–Kier alpha value is -1.43. The number of nitrogens with zero attached hydrogens (tertiary/aromatic N) is 1. The summed E-state index contributed by atoms with van der Waals surface area (Å²) < 4.78 is 38.3. The topological polar surface area (TPSA) is 42.0 Å². The number of pyridine rings is 1. The van der Waals surface area contributed by atoms with Gasteiger partial charge in [0, 0.05) is 24.4 Å². The highest BCUT2D eigenvalue weighted by atomic mass is 19.4. The summed E-state index contributed by atoms with van der Waals surface area (Å²) in [5.74, 6) is -0.0951. The molecule has 2 rings (SSSR count). The van der Waals surface area contributed by atoms with E-state index in [-0.39, 0.29) is 12.0 Å². The van der Waals surface area contributed by atoms with Crippen LogP contribution in [0, 0.1) is 5.92 Å². The number of aromatic nitrogens is 1. The first-order chi connectivity index (χ1) is 8.98. The van der Waals surface area contributed by atoms with E-state index in [1.54, 1.807) is 0 Å². The van der Waals surface area contributed by atoms with Gasteiger partial charge in [0.25, 0.3) is 0 Å². The fourth-order valence-electron chi connectivity index (χ4n) is 2.29. The molecule has 0 aromatic carbocycles. The molecule has 0 radical (unpaired) electrons. The quantitative estimate of drug-likeness (QED) is 0.857. The number of Topliss-reactive ketones (excluding diaryl/α,β-unsaturated/α-hetero) is 1. The van der Waals surface area contributed by atoms with E-state index >= 15 is 0 Å². The van der Waals surface area contributed by atoms with Crippen molar-refractivity contribution in [1.29, 1.82) is 0 Å². The van der Waals surface area contributed by atoms with Crippen LogP contribution in [0.2, 0.25) is 0 Å². The maximum absolute atomic E-state index is 12.8. The van der Waals surface area contributed by atoms with Crippen LogP contribution >= 0.6 is 0 Å². The molecule has 1 aliphatic rings. The maximum atomic E-state index is 12.8. The van der Waals surface area contributed by atoms with E-state index in [0.717, 1.165) is 38.0 Å². The van der Waals surface area contributed by atoms with Crippen LogP contribution < -0.4 is 5.32 Å². The zero-order chi connectivity index (χ0) is 13.9. The third kappa shape index (κ3) is 3.53. The van der Waals surface area contributed by atoms with Crippen LogP contribution in [0.4, 0.5) is 13.2 Å². The SMILES string of the molecule is O=C(CCC1CCNC1)c1cnccc1C(F)(F)F. The molecule has 0 bridgehead atoms. The van der Waals surface area contributed by atoms with E-state index in [9.17, 15) is 18.0 Å². The number of alkyl halides is 3. The van der Waals surface area contributed by atoms with E-state index in [0.29, 0.717) is 12.3 Å². The van der Waals surface area contributed by atoms with Gasteiger partial charge in [0.2, 0.25) is 0 Å². The molecular weight excluding hydrogens is 257 g/mol. The lowest BCUT2D eigenvalue weighted by molar-refractivity contribution is -0.138. The molecule has 2 heterocycles. The van der Waals surface area contributed by atoms with Crippen LogP contribution in [0.15, 0.2) is 18.5 Å². The molecule has 1 N–H and O–H groups in total. The van der Waals surface area contributed by atoms with Gasteiger partial charge in [0.1, 0.15) is 0 Å². The van der Waals surface area contributed by atoms with E-state index in [1.807, 2.05) is 0 Å². The highest BCUT2D eigenvalue weighted by Crippen LogP contribution is 2.32. The molecule has 1 atom stereocenters. The van der Waals surface area contributed by atoms with Crippen molar-refractivity contribution in [3.05, 3.63) is 29.6 Å². The van der Waals surface area contributed by atoms with Crippen molar-refractivity contribution in [2.45, 2.75) is 25.4 Å². The number of hydrogen-bond acceptors (Lipinski definition) is 3. The first kappa shape index (κ1) is 14.0. The van der Waals surface area contributed by atoms with E-state index in [1.165, 1.54) is 0 Å². The number of carbonyl (C=O) groups excluding carboxylic acids is 1. The summed E-state index contributed by atoms with van der Waals surface area (Å²) in [6.45, 7) is 1.76. The Morgan fingerprint density at radius 2 is 2.26 bits per heavy atom. The first-order valence-electron chi connectivity index (χ1n) is 6.23. The molecule has 0 spiro atoms. The Labute approximate surface area is 109 Å². The molecule has 3 nitrogen and oxygen atoms in total. The minimum absolute atomic E-state index is 0.140. The Morgan fingerprint density at radius 3 is 2.89 bits per heavy atom. The minimum Gasteiger partial charge on any atom is -0.316 e. The summed E-state index contributed by atoms with van der Waals surface area (Å²) in [5, 5.41) is 3.17. The van der Waals surface area contributed by atoms with E-state index in [4.69, 9.17) is 0 Å². The van der Waals surface area contributed by atoms with Crippen molar-refractivity contribution in [3.63, 3.8) is 0 Å². The molecule has 1 aromatic heterocycles. The Bertz CT molecular complexity index is 453. The van der Waals surface area contributed by atoms with Crippen molar-refractivity contribution in [2.24, 2.45) is 5.92 Å². The van der Waals surface area contributed by atoms with Gasteiger partial charge in [0.15, 0.2) is 5.78 Å². The fraction of sp³-hybridized carbons (Fsp3) is 0.538. The number of rotatable bonds is 4. The Balaban J connectivity index is 2.06. The average Bonchev–Trinajstić information content (AvgIpc) is 2.88. The molecule has 1 aliphatic heterocycles. The van der Waals surface area contributed by atoms with Gasteiger partial charge in [-0.1, -0.05) is 0 Å². The third-order valence-electron chi connectivity index (χ3n) is 3.37. The van der Waals surface area contributed by atoms with Crippen LogP contribution in [0.1, 0.15) is 35.2 Å². The molecule has 104 valence electrons. The second-order valence-corrected chi connectivity index (χ2v) is 4.74. The summed E-state index contributed by atoms with van der Waals surface area (Å²) in [6.07, 6.45) is -0.701. The van der Waals surface area contributed by atoms with Crippen LogP contribution in [0.3, 0.4) is 0 Å². The first-order valence-corrected chi connectivity index (χ1v) is 6.23. The van der Waals surface area contributed by atoms with Gasteiger partial charge in [-0.2, -0.15) is 13.2 Å². The maximum Gasteiger partial charge on any atom is 0.417 e. The van der Waals surface area contributed by atoms with Crippen LogP contribution in [-0.2, 0) is 6.18 Å². The van der Waals surface area contributed by atoms with Crippen molar-refractivity contribution >= 4 is 5.78 Å². The smallest absolute Gasteiger partial charge is 0.316 e. The Morgan fingerprint density at radius 1 is 1.47 bits per heavy atom. The summed E-state index contributed by atoms with van der Waals surface area (Å²) in [6, 6.07) is 0.852. The number of carbonyl (C=O) groups is 1. The van der Waals surface area contributed by atoms with Gasteiger partial charge < -0.3 is 5.32 Å². The zero-order valence-corrected chi connectivity index (χ0v) is 10.3. The standard InChI is InChI=1S/C13H15F3N2O/c14-13(15,16)11-4-6-18-8-10(11)12(19)2-1-9-3-5-17-7-9/h4,6,8-9,17H,1-3,5,7H2. The van der Waals surface area contributed by atoms with Crippen molar-refractivity contribution in [3.8, 4) is 0 Å². The molecule has 0 saturated carbocycles. The zero-order valence-electron chi connectivity index (χ0n) is 10.3. The normalized spacial score (nSPS) is 19.6. The number of ketones is 1. The predicted octanol–water partition coefficient (Wildman–Crippen LogP) is 2.67. The average molecular weight is 272 g/mol. The number of hydrogen-bond donors (Lipinski definition) is 1. The van der Waals surface area contributed by atoms with E-state index in [2.05, 4.69) is 10.3 Å². The largest absolute Gasteiger partial charge is 0.417 e. The molecule has 1 saturated heterocycles. The summed E-state index contributed by atoms with van der Waals surface area (Å²) in [4.78, 5) is 15.5. The van der Waals surface area contributed by atoms with Gasteiger partial charge in [-0.3, -0.25) is 9.78 Å². The summed E-state index contributed by atoms with van der Waals surface area (Å²) >= 11 is 0. The van der Waals surface area contributed by atoms with Crippen LogP contribution in [0.5, 0.6) is 0 Å². The van der Waals surface area contributed by atoms with Crippen molar-refractivity contribution in [2.75, 3.05) is 13.1 Å². The highest BCUT2D eigenvalue weighted by Gasteiger charge is 2.35. The second-order valence-electron chi connectivity index (χ2n) is 4.74. The monoisotopic (exact) mass is 272 g/mol. The van der Waals surface area contributed by atoms with E-state index < -0.39 is 17.5 Å². The van der Waals surface area contributed by atoms with Crippen molar-refractivity contribution < 1.29 is 18.0 Å². The van der Waals surface area contributed by atoms with Crippen molar-refractivity contribution in [1.82, 2.24) is 10.3 Å². The lowest BCUT2D eigenvalue weighted by Crippen LogP contribution is -2.15. The number of nitrogens with one attached hydrogen (secondary N) is 1. The van der Waals surface area contributed by atoms with Gasteiger partial charge in [-0.15, -0.1) is 0 Å². The van der Waals surface area contributed by atoms with Gasteiger partial charge in [-0.05, 0) is 37.9 Å². The molecule has 1 unspecified atom stereocenters. The third-order valence-corrected chi connectivity index (χ3v) is 3.37. The Kier molecular flexibility index (Phi) is 4.19. The molecule has 19 heavy (non-hydrogen) atoms. The minimum atomic E-state index is -4.51. The molecular formula is C13H15F3N2O. The molecule has 1 aromatic rings. The second kappa shape index (κ2) is 5.69. The highest BCUT2D eigenvalue weighted by molar-refractivity contribution is 5.97. The summed E-state index contributed by atoms with van der Waals surface area (Å²) in [5.41, 5.74) is -1.21. The predicted molar refractivity (Wildman–Crippen MR) is 63.8 cm³/mol. The van der Waals surface area contributed by atoms with Gasteiger partial charge >= 0.3 is 6.18 Å². The molecule has 6 heteroatoms. The molecule has 1 fully saturated rings. The van der Waals surface area contributed by atoms with Crippen LogP contribution in [-0.4, -0.2) is 23.9 Å². The lowest BCUT2D eigenvalue weighted by Gasteiger charge is -2.12. The molecule has 0 aliphatic carbocycles. The van der Waals surface area contributed by atoms with Crippen LogP contribution in [0.25, 0.3) is 0 Å². The summed E-state index contributed by atoms with van der Waals surface area (Å²) in [7, 11) is 0. The molecule has 0 amide bonds.